The van der Waals surface area contributed by atoms with E-state index in [2.05, 4.69) is 4.98 Å². The number of carboxylic acid groups (broad SMARTS) is 1. The second kappa shape index (κ2) is 2.83. The predicted molar refractivity (Wildman–Crippen MR) is 51.6 cm³/mol. The molecule has 0 aromatic carbocycles. The van der Waals surface area contributed by atoms with Crippen LogP contribution in [0.2, 0.25) is 0 Å². The average Bonchev–Trinajstić information content (AvgIpc) is 2.43. The Bertz CT molecular complexity index is 514. The second-order valence-electron chi connectivity index (χ2n) is 3.27. The molecule has 0 unspecified atom stereocenters. The first-order chi connectivity index (χ1) is 6.59. The SMILES string of the molecule is Cc1ccn2c(C)nc(C(=O)O)c2c1. The minimum absolute atomic E-state index is 0.117. The van der Waals surface area contributed by atoms with Gasteiger partial charge in [-0.25, -0.2) is 9.78 Å². The highest BCUT2D eigenvalue weighted by Crippen LogP contribution is 2.14. The lowest BCUT2D eigenvalue weighted by Gasteiger charge is -1.97. The van der Waals surface area contributed by atoms with Gasteiger partial charge in [0.1, 0.15) is 5.82 Å². The third kappa shape index (κ3) is 1.16. The summed E-state index contributed by atoms with van der Waals surface area (Å²) in [7, 11) is 0. The molecule has 2 aromatic heterocycles. The molecule has 0 bridgehead atoms. The monoisotopic (exact) mass is 190 g/mol. The molecule has 0 aliphatic heterocycles. The molecule has 1 N–H and O–H groups in total. The van der Waals surface area contributed by atoms with E-state index < -0.39 is 5.97 Å². The molecule has 72 valence electrons. The number of imidazole rings is 1. The lowest BCUT2D eigenvalue weighted by molar-refractivity contribution is 0.0693. The van der Waals surface area contributed by atoms with E-state index in [1.807, 2.05) is 25.3 Å². The number of hydrogen-bond acceptors (Lipinski definition) is 2. The Labute approximate surface area is 80.8 Å². The van der Waals surface area contributed by atoms with Crippen molar-refractivity contribution in [2.24, 2.45) is 0 Å². The molecule has 0 amide bonds. The first-order valence-electron chi connectivity index (χ1n) is 4.28. The van der Waals surface area contributed by atoms with Crippen molar-refractivity contribution in [1.29, 1.82) is 0 Å². The summed E-state index contributed by atoms with van der Waals surface area (Å²) in [6.45, 7) is 3.71. The summed E-state index contributed by atoms with van der Waals surface area (Å²) in [5.74, 6) is -0.293. The Morgan fingerprint density at radius 2 is 2.21 bits per heavy atom. The number of fused-ring (bicyclic) bond motifs is 1. The Morgan fingerprint density at radius 3 is 2.86 bits per heavy atom. The molecule has 2 aromatic rings. The molecule has 0 aliphatic carbocycles. The summed E-state index contributed by atoms with van der Waals surface area (Å²) in [5.41, 5.74) is 1.79. The topological polar surface area (TPSA) is 54.6 Å². The van der Waals surface area contributed by atoms with Crippen molar-refractivity contribution in [3.63, 3.8) is 0 Å². The van der Waals surface area contributed by atoms with Gasteiger partial charge in [-0.2, -0.15) is 0 Å². The van der Waals surface area contributed by atoms with Gasteiger partial charge in [0.2, 0.25) is 0 Å². The molecular formula is C10H10N2O2. The summed E-state index contributed by atoms with van der Waals surface area (Å²) in [5, 5.41) is 8.91. The van der Waals surface area contributed by atoms with Crippen molar-refractivity contribution in [3.05, 3.63) is 35.4 Å². The number of aromatic carboxylic acids is 1. The lowest BCUT2D eigenvalue weighted by Crippen LogP contribution is -1.97. The standard InChI is InChI=1S/C10H10N2O2/c1-6-3-4-12-7(2)11-9(10(13)14)8(12)5-6/h3-5H,1-2H3,(H,13,14). The van der Waals surface area contributed by atoms with Crippen LogP contribution in [0.25, 0.3) is 5.52 Å². The number of aromatic nitrogens is 2. The van der Waals surface area contributed by atoms with Crippen molar-refractivity contribution in [1.82, 2.24) is 9.38 Å². The maximum absolute atomic E-state index is 10.9. The van der Waals surface area contributed by atoms with Gasteiger partial charge in [0.05, 0.1) is 5.52 Å². The number of rotatable bonds is 1. The summed E-state index contributed by atoms with van der Waals surface area (Å²) in [6, 6.07) is 3.75. The van der Waals surface area contributed by atoms with Crippen molar-refractivity contribution in [2.45, 2.75) is 13.8 Å². The summed E-state index contributed by atoms with van der Waals surface area (Å²) in [4.78, 5) is 14.9. The predicted octanol–water partition coefficient (Wildman–Crippen LogP) is 1.65. The Kier molecular flexibility index (Phi) is 1.77. The third-order valence-electron chi connectivity index (χ3n) is 2.18. The van der Waals surface area contributed by atoms with E-state index in [0.29, 0.717) is 11.3 Å². The van der Waals surface area contributed by atoms with Gasteiger partial charge < -0.3 is 9.51 Å². The van der Waals surface area contributed by atoms with E-state index in [0.717, 1.165) is 5.56 Å². The quantitative estimate of drug-likeness (QED) is 0.743. The molecule has 0 saturated carbocycles. The zero-order valence-electron chi connectivity index (χ0n) is 7.98. The molecule has 0 aliphatic rings. The molecule has 4 heteroatoms. The second-order valence-corrected chi connectivity index (χ2v) is 3.27. The molecular weight excluding hydrogens is 180 g/mol. The van der Waals surface area contributed by atoms with Crippen LogP contribution in [0, 0.1) is 13.8 Å². The first kappa shape index (κ1) is 8.74. The fourth-order valence-corrected chi connectivity index (χ4v) is 1.50. The Balaban J connectivity index is 2.85. The summed E-state index contributed by atoms with van der Waals surface area (Å²) < 4.78 is 1.77. The van der Waals surface area contributed by atoms with Gasteiger partial charge in [-0.05, 0) is 31.5 Å². The van der Waals surface area contributed by atoms with Crippen molar-refractivity contribution in [2.75, 3.05) is 0 Å². The highest BCUT2D eigenvalue weighted by molar-refractivity contribution is 5.93. The van der Waals surface area contributed by atoms with Gasteiger partial charge >= 0.3 is 5.97 Å². The van der Waals surface area contributed by atoms with E-state index in [1.54, 1.807) is 11.3 Å². The highest BCUT2D eigenvalue weighted by atomic mass is 16.4. The Hall–Kier alpha value is -1.84. The van der Waals surface area contributed by atoms with Crippen LogP contribution < -0.4 is 0 Å². The van der Waals surface area contributed by atoms with Crippen LogP contribution >= 0.6 is 0 Å². The van der Waals surface area contributed by atoms with E-state index >= 15 is 0 Å². The minimum Gasteiger partial charge on any atom is -0.476 e. The fourth-order valence-electron chi connectivity index (χ4n) is 1.50. The van der Waals surface area contributed by atoms with Crippen LogP contribution in [-0.4, -0.2) is 20.5 Å². The lowest BCUT2D eigenvalue weighted by atomic mass is 10.2. The summed E-state index contributed by atoms with van der Waals surface area (Å²) in [6.07, 6.45) is 1.83. The third-order valence-corrected chi connectivity index (χ3v) is 2.18. The first-order valence-corrected chi connectivity index (χ1v) is 4.28. The molecule has 0 fully saturated rings. The van der Waals surface area contributed by atoms with Gasteiger partial charge in [0.15, 0.2) is 5.69 Å². The number of pyridine rings is 1. The van der Waals surface area contributed by atoms with E-state index in [9.17, 15) is 4.79 Å². The molecule has 2 rings (SSSR count). The van der Waals surface area contributed by atoms with E-state index in [-0.39, 0.29) is 5.69 Å². The molecule has 2 heterocycles. The average molecular weight is 190 g/mol. The zero-order valence-corrected chi connectivity index (χ0v) is 7.98. The van der Waals surface area contributed by atoms with Gasteiger partial charge in [-0.1, -0.05) is 0 Å². The number of carbonyl (C=O) groups is 1. The van der Waals surface area contributed by atoms with Crippen molar-refractivity contribution >= 4 is 11.5 Å². The maximum Gasteiger partial charge on any atom is 0.356 e. The minimum atomic E-state index is -0.985. The van der Waals surface area contributed by atoms with E-state index in [4.69, 9.17) is 5.11 Å². The van der Waals surface area contributed by atoms with Gasteiger partial charge in [-0.3, -0.25) is 0 Å². The molecule has 0 radical (unpaired) electrons. The van der Waals surface area contributed by atoms with Crippen LogP contribution in [-0.2, 0) is 0 Å². The van der Waals surface area contributed by atoms with Crippen molar-refractivity contribution in [3.8, 4) is 0 Å². The molecule has 0 saturated heterocycles. The number of hydrogen-bond donors (Lipinski definition) is 1. The number of aryl methyl sites for hydroxylation is 2. The van der Waals surface area contributed by atoms with Crippen LogP contribution in [0.4, 0.5) is 0 Å². The Morgan fingerprint density at radius 1 is 1.50 bits per heavy atom. The van der Waals surface area contributed by atoms with Crippen LogP contribution in [0.3, 0.4) is 0 Å². The van der Waals surface area contributed by atoms with Gasteiger partial charge in [-0.15, -0.1) is 0 Å². The van der Waals surface area contributed by atoms with Crippen molar-refractivity contribution < 1.29 is 9.90 Å². The van der Waals surface area contributed by atoms with Gasteiger partial charge in [0, 0.05) is 6.20 Å². The fraction of sp³-hybridized carbons (Fsp3) is 0.200. The van der Waals surface area contributed by atoms with Gasteiger partial charge in [0.25, 0.3) is 0 Å². The summed E-state index contributed by atoms with van der Waals surface area (Å²) >= 11 is 0. The largest absolute Gasteiger partial charge is 0.476 e. The van der Waals surface area contributed by atoms with Crippen LogP contribution in [0.15, 0.2) is 18.3 Å². The van der Waals surface area contributed by atoms with Crippen LogP contribution in [0.5, 0.6) is 0 Å². The van der Waals surface area contributed by atoms with E-state index in [1.165, 1.54) is 0 Å². The smallest absolute Gasteiger partial charge is 0.356 e. The number of carboxylic acids is 1. The molecule has 0 spiro atoms. The number of nitrogens with zero attached hydrogens (tertiary/aromatic N) is 2. The normalized spacial score (nSPS) is 10.7. The zero-order chi connectivity index (χ0) is 10.3. The highest BCUT2D eigenvalue weighted by Gasteiger charge is 2.13. The van der Waals surface area contributed by atoms with Crippen LogP contribution in [0.1, 0.15) is 21.9 Å². The maximum atomic E-state index is 10.9. The molecule has 0 atom stereocenters. The molecule has 14 heavy (non-hydrogen) atoms. The molecule has 4 nitrogen and oxygen atoms in total.